The van der Waals surface area contributed by atoms with Crippen molar-refractivity contribution in [2.24, 2.45) is 10.3 Å². The molecule has 5 nitrogen and oxygen atoms in total. The molecule has 66 valence electrons. The van der Waals surface area contributed by atoms with E-state index in [4.69, 9.17) is 15.5 Å². The number of nitrogens with zero attached hydrogens (tertiary/aromatic N) is 2. The van der Waals surface area contributed by atoms with Gasteiger partial charge in [-0.15, -0.1) is 10.3 Å². The average Bonchev–Trinajstić information content (AvgIpc) is 2.01. The zero-order valence-corrected chi connectivity index (χ0v) is 6.68. The zero-order chi connectivity index (χ0) is 9.11. The van der Waals surface area contributed by atoms with Crippen LogP contribution in [0.25, 0.3) is 0 Å². The second-order valence-corrected chi connectivity index (χ2v) is 1.76. The third-order valence-corrected chi connectivity index (χ3v) is 0.644. The molecule has 3 N–H and O–H groups in total. The second-order valence-electron chi connectivity index (χ2n) is 1.76. The van der Waals surface area contributed by atoms with Crippen LogP contribution in [-0.4, -0.2) is 34.1 Å². The molecule has 0 radical (unpaired) electrons. The third-order valence-electron chi connectivity index (χ3n) is 0.644. The molecule has 0 fully saturated rings. The first kappa shape index (κ1) is 12.6. The first-order chi connectivity index (χ1) is 5.18. The van der Waals surface area contributed by atoms with Gasteiger partial charge < -0.3 is 15.5 Å². The Labute approximate surface area is 65.7 Å². The van der Waals surface area contributed by atoms with Gasteiger partial charge in [0.25, 0.3) is 0 Å². The standard InChI is InChI=1S/C4H9NO2.C2H5NO/c1-4(6)2-3-5-7;1-2-3-4/h3-4,6-7H,2H2,1H3;2,4H,1H3. The highest BCUT2D eigenvalue weighted by Crippen LogP contribution is 1.81. The fourth-order valence-corrected chi connectivity index (χ4v) is 0.200. The van der Waals surface area contributed by atoms with Crippen LogP contribution < -0.4 is 0 Å². The second kappa shape index (κ2) is 11.7. The van der Waals surface area contributed by atoms with Crippen LogP contribution in [0.1, 0.15) is 20.3 Å². The van der Waals surface area contributed by atoms with Crippen molar-refractivity contribution >= 4 is 12.4 Å². The molecule has 11 heavy (non-hydrogen) atoms. The van der Waals surface area contributed by atoms with Gasteiger partial charge in [-0.05, 0) is 13.8 Å². The van der Waals surface area contributed by atoms with Gasteiger partial charge in [-0.25, -0.2) is 0 Å². The summed E-state index contributed by atoms with van der Waals surface area (Å²) in [5.74, 6) is 0. The van der Waals surface area contributed by atoms with E-state index in [-0.39, 0.29) is 0 Å². The quantitative estimate of drug-likeness (QED) is 0.317. The molecule has 0 bridgehead atoms. The van der Waals surface area contributed by atoms with Crippen molar-refractivity contribution in [1.82, 2.24) is 0 Å². The number of aliphatic hydroxyl groups is 1. The molecule has 0 aliphatic rings. The van der Waals surface area contributed by atoms with E-state index in [1.807, 2.05) is 0 Å². The highest BCUT2D eigenvalue weighted by Gasteiger charge is 1.87. The third kappa shape index (κ3) is 27.9. The van der Waals surface area contributed by atoms with Gasteiger partial charge in [0.2, 0.25) is 0 Å². The summed E-state index contributed by atoms with van der Waals surface area (Å²) in [7, 11) is 0. The molecule has 1 atom stereocenters. The summed E-state index contributed by atoms with van der Waals surface area (Å²) in [5, 5.41) is 29.0. The Morgan fingerprint density at radius 1 is 1.36 bits per heavy atom. The van der Waals surface area contributed by atoms with Gasteiger partial charge in [-0.1, -0.05) is 0 Å². The highest BCUT2D eigenvalue weighted by atomic mass is 16.4. The van der Waals surface area contributed by atoms with Crippen LogP contribution in [0.3, 0.4) is 0 Å². The van der Waals surface area contributed by atoms with Crippen LogP contribution in [0.15, 0.2) is 10.3 Å². The summed E-state index contributed by atoms with van der Waals surface area (Å²) in [5.41, 5.74) is 0. The van der Waals surface area contributed by atoms with E-state index < -0.39 is 6.10 Å². The van der Waals surface area contributed by atoms with Crippen LogP contribution in [-0.2, 0) is 0 Å². The Morgan fingerprint density at radius 2 is 1.82 bits per heavy atom. The molecule has 0 rings (SSSR count). The predicted octanol–water partition coefficient (Wildman–Crippen LogP) is 0.684. The molecule has 0 aliphatic carbocycles. The number of hydrogen-bond acceptors (Lipinski definition) is 5. The van der Waals surface area contributed by atoms with Crippen LogP contribution >= 0.6 is 0 Å². The van der Waals surface area contributed by atoms with E-state index in [0.29, 0.717) is 6.42 Å². The summed E-state index contributed by atoms with van der Waals surface area (Å²) in [6.07, 6.45) is 2.57. The van der Waals surface area contributed by atoms with Crippen LogP contribution in [0.4, 0.5) is 0 Å². The lowest BCUT2D eigenvalue weighted by atomic mass is 10.3. The first-order valence-electron chi connectivity index (χ1n) is 3.15. The van der Waals surface area contributed by atoms with Gasteiger partial charge in [-0.3, -0.25) is 0 Å². The molecule has 0 aromatic carbocycles. The highest BCUT2D eigenvalue weighted by molar-refractivity contribution is 5.56. The molecule has 0 spiro atoms. The lowest BCUT2D eigenvalue weighted by Crippen LogP contribution is -1.98. The van der Waals surface area contributed by atoms with E-state index in [1.54, 1.807) is 13.8 Å². The van der Waals surface area contributed by atoms with E-state index >= 15 is 0 Å². The maximum absolute atomic E-state index is 8.48. The molecule has 0 aliphatic heterocycles. The summed E-state index contributed by atoms with van der Waals surface area (Å²) in [4.78, 5) is 0. The Kier molecular flexibility index (Phi) is 13.3. The van der Waals surface area contributed by atoms with E-state index in [0.717, 1.165) is 0 Å². The zero-order valence-electron chi connectivity index (χ0n) is 6.68. The number of oxime groups is 2. The smallest absolute Gasteiger partial charge is 0.0562 e. The summed E-state index contributed by atoms with van der Waals surface area (Å²) >= 11 is 0. The van der Waals surface area contributed by atoms with Gasteiger partial charge in [0.1, 0.15) is 0 Å². The number of hydrogen-bond donors (Lipinski definition) is 3. The molecule has 0 saturated carbocycles. The molecule has 0 aromatic rings. The minimum atomic E-state index is -0.407. The molecule has 0 heterocycles. The topological polar surface area (TPSA) is 85.4 Å². The average molecular weight is 162 g/mol. The summed E-state index contributed by atoms with van der Waals surface area (Å²) in [6.45, 7) is 3.27. The molecule has 0 aromatic heterocycles. The van der Waals surface area contributed by atoms with Crippen molar-refractivity contribution < 1.29 is 15.5 Å². The minimum absolute atomic E-state index is 0.407. The van der Waals surface area contributed by atoms with Crippen LogP contribution in [0, 0.1) is 0 Å². The number of aliphatic hydroxyl groups excluding tert-OH is 1. The Balaban J connectivity index is 0. The predicted molar refractivity (Wildman–Crippen MR) is 42.5 cm³/mol. The summed E-state index contributed by atoms with van der Waals surface area (Å²) < 4.78 is 0. The fraction of sp³-hybridized carbons (Fsp3) is 0.667. The van der Waals surface area contributed by atoms with E-state index in [1.165, 1.54) is 12.4 Å². The van der Waals surface area contributed by atoms with Crippen LogP contribution in [0.2, 0.25) is 0 Å². The van der Waals surface area contributed by atoms with E-state index in [2.05, 4.69) is 10.3 Å². The van der Waals surface area contributed by atoms with Gasteiger partial charge in [-0.2, -0.15) is 0 Å². The van der Waals surface area contributed by atoms with Gasteiger partial charge in [0.05, 0.1) is 6.10 Å². The molecule has 0 amide bonds. The van der Waals surface area contributed by atoms with Crippen molar-refractivity contribution in [2.45, 2.75) is 26.4 Å². The van der Waals surface area contributed by atoms with Crippen molar-refractivity contribution in [2.75, 3.05) is 0 Å². The van der Waals surface area contributed by atoms with Crippen LogP contribution in [0.5, 0.6) is 0 Å². The molecular formula is C6H14N2O3. The van der Waals surface area contributed by atoms with Crippen molar-refractivity contribution in [3.05, 3.63) is 0 Å². The minimum Gasteiger partial charge on any atom is -0.411 e. The normalized spacial score (nSPS) is 13.0. The van der Waals surface area contributed by atoms with Gasteiger partial charge in [0, 0.05) is 18.9 Å². The molecule has 0 saturated heterocycles. The maximum Gasteiger partial charge on any atom is 0.0562 e. The molecule has 5 heteroatoms. The Hall–Kier alpha value is -1.10. The molecular weight excluding hydrogens is 148 g/mol. The van der Waals surface area contributed by atoms with Crippen molar-refractivity contribution in [3.63, 3.8) is 0 Å². The monoisotopic (exact) mass is 162 g/mol. The number of rotatable bonds is 2. The summed E-state index contributed by atoms with van der Waals surface area (Å²) in [6, 6.07) is 0. The first-order valence-corrected chi connectivity index (χ1v) is 3.15. The van der Waals surface area contributed by atoms with Gasteiger partial charge in [0.15, 0.2) is 0 Å². The lowest BCUT2D eigenvalue weighted by Gasteiger charge is -1.92. The van der Waals surface area contributed by atoms with Crippen molar-refractivity contribution in [1.29, 1.82) is 0 Å². The Bertz CT molecular complexity index is 108. The fourth-order valence-electron chi connectivity index (χ4n) is 0.200. The van der Waals surface area contributed by atoms with E-state index in [9.17, 15) is 0 Å². The maximum atomic E-state index is 8.48. The largest absolute Gasteiger partial charge is 0.411 e. The SMILES string of the molecule is CC(O)CC=NO.CC=NO. The van der Waals surface area contributed by atoms with Crippen molar-refractivity contribution in [3.8, 4) is 0 Å². The van der Waals surface area contributed by atoms with Gasteiger partial charge >= 0.3 is 0 Å². The molecule has 1 unspecified atom stereocenters. The Morgan fingerprint density at radius 3 is 1.91 bits per heavy atom. The lowest BCUT2D eigenvalue weighted by molar-refractivity contribution is 0.202.